The highest BCUT2D eigenvalue weighted by Crippen LogP contribution is 2.14. The predicted molar refractivity (Wildman–Crippen MR) is 148 cm³/mol. The smallest absolute Gasteiger partial charge is 0.151 e. The summed E-state index contributed by atoms with van der Waals surface area (Å²) in [6, 6.07) is 0. The molecule has 0 aliphatic rings. The van der Waals surface area contributed by atoms with Gasteiger partial charge in [-0.1, -0.05) is 129 Å². The summed E-state index contributed by atoms with van der Waals surface area (Å²) in [7, 11) is 0. The SMILES string of the molecule is CCCCCCCCCCCCOC[C@@H](O)[C@@H](OCCCCCCCCCCCC)[C@H](O)[C@H](O)C=O. The van der Waals surface area contributed by atoms with Gasteiger partial charge in [0.15, 0.2) is 6.29 Å². The Labute approximate surface area is 222 Å². The van der Waals surface area contributed by atoms with Gasteiger partial charge in [0.2, 0.25) is 0 Å². The lowest BCUT2D eigenvalue weighted by atomic mass is 10.0. The van der Waals surface area contributed by atoms with Crippen molar-refractivity contribution >= 4 is 6.29 Å². The van der Waals surface area contributed by atoms with E-state index in [2.05, 4.69) is 13.8 Å². The van der Waals surface area contributed by atoms with Crippen LogP contribution in [-0.2, 0) is 14.3 Å². The number of aldehydes is 1. The molecule has 4 atom stereocenters. The topological polar surface area (TPSA) is 96.2 Å². The van der Waals surface area contributed by atoms with Crippen molar-refractivity contribution in [2.75, 3.05) is 19.8 Å². The van der Waals surface area contributed by atoms with E-state index in [4.69, 9.17) is 9.47 Å². The molecule has 36 heavy (non-hydrogen) atoms. The van der Waals surface area contributed by atoms with E-state index in [9.17, 15) is 20.1 Å². The summed E-state index contributed by atoms with van der Waals surface area (Å²) in [4.78, 5) is 10.9. The van der Waals surface area contributed by atoms with Crippen molar-refractivity contribution in [3.05, 3.63) is 0 Å². The maximum Gasteiger partial charge on any atom is 0.151 e. The van der Waals surface area contributed by atoms with Crippen LogP contribution in [0.1, 0.15) is 142 Å². The van der Waals surface area contributed by atoms with Crippen molar-refractivity contribution < 1.29 is 29.6 Å². The van der Waals surface area contributed by atoms with Crippen molar-refractivity contribution in [2.45, 2.75) is 167 Å². The summed E-state index contributed by atoms with van der Waals surface area (Å²) < 4.78 is 11.3. The molecule has 0 bridgehead atoms. The Balaban J connectivity index is 3.96. The van der Waals surface area contributed by atoms with Crippen LogP contribution in [0, 0.1) is 0 Å². The van der Waals surface area contributed by atoms with Crippen LogP contribution in [0.4, 0.5) is 0 Å². The third kappa shape index (κ3) is 21.5. The number of ether oxygens (including phenoxy) is 2. The van der Waals surface area contributed by atoms with E-state index in [1.165, 1.54) is 96.3 Å². The van der Waals surface area contributed by atoms with Crippen LogP contribution in [0.2, 0.25) is 0 Å². The molecule has 0 aromatic rings. The van der Waals surface area contributed by atoms with Gasteiger partial charge in [0.05, 0.1) is 6.61 Å². The number of aliphatic hydroxyl groups excluding tert-OH is 3. The number of aliphatic hydroxyl groups is 3. The molecule has 0 fully saturated rings. The molecular weight excluding hydrogens is 456 g/mol. The van der Waals surface area contributed by atoms with Crippen molar-refractivity contribution in [3.8, 4) is 0 Å². The van der Waals surface area contributed by atoms with E-state index in [1.54, 1.807) is 0 Å². The summed E-state index contributed by atoms with van der Waals surface area (Å²) in [5.41, 5.74) is 0. The molecule has 0 amide bonds. The van der Waals surface area contributed by atoms with E-state index in [1.807, 2.05) is 0 Å². The second kappa shape index (κ2) is 27.5. The van der Waals surface area contributed by atoms with Crippen LogP contribution >= 0.6 is 0 Å². The van der Waals surface area contributed by atoms with Crippen LogP contribution < -0.4 is 0 Å². The largest absolute Gasteiger partial charge is 0.388 e. The van der Waals surface area contributed by atoms with Crippen molar-refractivity contribution in [3.63, 3.8) is 0 Å². The molecule has 0 aromatic heterocycles. The van der Waals surface area contributed by atoms with Crippen LogP contribution in [0.5, 0.6) is 0 Å². The van der Waals surface area contributed by atoms with Crippen LogP contribution in [0.3, 0.4) is 0 Å². The normalized spacial score (nSPS) is 15.0. The summed E-state index contributed by atoms with van der Waals surface area (Å²) in [6.45, 7) is 5.41. The molecule has 6 heteroatoms. The van der Waals surface area contributed by atoms with Gasteiger partial charge >= 0.3 is 0 Å². The molecule has 0 heterocycles. The summed E-state index contributed by atoms with van der Waals surface area (Å²) in [5.74, 6) is 0. The zero-order valence-electron chi connectivity index (χ0n) is 23.7. The van der Waals surface area contributed by atoms with E-state index in [-0.39, 0.29) is 12.9 Å². The highest BCUT2D eigenvalue weighted by molar-refractivity contribution is 5.56. The van der Waals surface area contributed by atoms with E-state index < -0.39 is 24.4 Å². The molecule has 0 saturated heterocycles. The molecule has 6 nitrogen and oxygen atoms in total. The van der Waals surface area contributed by atoms with Gasteiger partial charge in [-0.2, -0.15) is 0 Å². The first-order valence-corrected chi connectivity index (χ1v) is 15.3. The molecule has 0 spiro atoms. The third-order valence-corrected chi connectivity index (χ3v) is 6.94. The lowest BCUT2D eigenvalue weighted by Gasteiger charge is -2.29. The highest BCUT2D eigenvalue weighted by atomic mass is 16.5. The van der Waals surface area contributed by atoms with Gasteiger partial charge < -0.3 is 29.6 Å². The number of carbonyl (C=O) groups is 1. The minimum absolute atomic E-state index is 0.0166. The monoisotopic (exact) mass is 516 g/mol. The van der Waals surface area contributed by atoms with E-state index in [0.717, 1.165) is 32.1 Å². The minimum Gasteiger partial charge on any atom is -0.388 e. The Morgan fingerprint density at radius 3 is 1.39 bits per heavy atom. The molecular formula is C30H60O6. The van der Waals surface area contributed by atoms with Gasteiger partial charge in [-0.25, -0.2) is 0 Å². The highest BCUT2D eigenvalue weighted by Gasteiger charge is 2.32. The first kappa shape index (κ1) is 35.5. The van der Waals surface area contributed by atoms with E-state index in [0.29, 0.717) is 13.2 Å². The Morgan fingerprint density at radius 2 is 0.972 bits per heavy atom. The molecule has 0 aliphatic heterocycles. The van der Waals surface area contributed by atoms with Gasteiger partial charge in [0.25, 0.3) is 0 Å². The standard InChI is InChI=1S/C30H60O6/c1-3-5-7-9-11-13-15-17-19-21-23-35-26-28(33)30(29(34)27(32)25-31)36-24-22-20-18-16-14-12-10-8-6-4-2/h25,27-30,32-34H,3-24,26H2,1-2H3/t27-,28-,29-,30-/m1/s1. The quantitative estimate of drug-likeness (QED) is 0.0774. The summed E-state index contributed by atoms with van der Waals surface area (Å²) >= 11 is 0. The fourth-order valence-corrected chi connectivity index (χ4v) is 4.51. The Hall–Kier alpha value is -0.530. The first-order valence-electron chi connectivity index (χ1n) is 15.3. The second-order valence-corrected chi connectivity index (χ2v) is 10.5. The first-order chi connectivity index (χ1) is 17.6. The lowest BCUT2D eigenvalue weighted by molar-refractivity contribution is -0.153. The lowest BCUT2D eigenvalue weighted by Crippen LogP contribution is -2.48. The van der Waals surface area contributed by atoms with Gasteiger partial charge in [-0.05, 0) is 12.8 Å². The second-order valence-electron chi connectivity index (χ2n) is 10.5. The number of hydrogen-bond donors (Lipinski definition) is 3. The van der Waals surface area contributed by atoms with Gasteiger partial charge in [0, 0.05) is 13.2 Å². The van der Waals surface area contributed by atoms with Gasteiger partial charge in [0.1, 0.15) is 24.4 Å². The molecule has 0 saturated carbocycles. The maximum atomic E-state index is 10.9. The van der Waals surface area contributed by atoms with Crippen LogP contribution in [0.15, 0.2) is 0 Å². The summed E-state index contributed by atoms with van der Waals surface area (Å²) in [6.07, 6.45) is 19.6. The van der Waals surface area contributed by atoms with E-state index >= 15 is 0 Å². The molecule has 0 aromatic carbocycles. The minimum atomic E-state index is -1.58. The van der Waals surface area contributed by atoms with Gasteiger partial charge in [-0.3, -0.25) is 0 Å². The van der Waals surface area contributed by atoms with Gasteiger partial charge in [-0.15, -0.1) is 0 Å². The maximum absolute atomic E-state index is 10.9. The van der Waals surface area contributed by atoms with Crippen LogP contribution in [0.25, 0.3) is 0 Å². The van der Waals surface area contributed by atoms with Crippen molar-refractivity contribution in [1.82, 2.24) is 0 Å². The van der Waals surface area contributed by atoms with Crippen LogP contribution in [-0.4, -0.2) is 65.8 Å². The van der Waals surface area contributed by atoms with Crippen molar-refractivity contribution in [2.24, 2.45) is 0 Å². The number of unbranched alkanes of at least 4 members (excludes halogenated alkanes) is 18. The molecule has 0 rings (SSSR count). The molecule has 0 radical (unpaired) electrons. The zero-order chi connectivity index (χ0) is 26.7. The van der Waals surface area contributed by atoms with Crippen molar-refractivity contribution in [1.29, 1.82) is 0 Å². The molecule has 216 valence electrons. The third-order valence-electron chi connectivity index (χ3n) is 6.94. The molecule has 0 aliphatic carbocycles. The Kier molecular flexibility index (Phi) is 27.1. The molecule has 3 N–H and O–H groups in total. The summed E-state index contributed by atoms with van der Waals surface area (Å²) in [5, 5.41) is 30.5. The number of hydrogen-bond acceptors (Lipinski definition) is 6. The zero-order valence-corrected chi connectivity index (χ0v) is 23.7. The predicted octanol–water partition coefficient (Wildman–Crippen LogP) is 6.51. The number of rotatable bonds is 29. The fourth-order valence-electron chi connectivity index (χ4n) is 4.51. The Bertz CT molecular complexity index is 447. The average molecular weight is 517 g/mol. The average Bonchev–Trinajstić information content (AvgIpc) is 2.89. The number of carbonyl (C=O) groups excluding carboxylic acids is 1. The Morgan fingerprint density at radius 1 is 0.583 bits per heavy atom. The fraction of sp³-hybridized carbons (Fsp3) is 0.967. The molecule has 0 unspecified atom stereocenters.